The maximum absolute atomic E-state index is 5.30. The summed E-state index contributed by atoms with van der Waals surface area (Å²) in [5.74, 6) is 0.841. The van der Waals surface area contributed by atoms with E-state index in [1.54, 1.807) is 7.11 Å². The van der Waals surface area contributed by atoms with E-state index in [9.17, 15) is 0 Å². The number of halogens is 1. The average Bonchev–Trinajstić information content (AvgIpc) is 2.79. The predicted octanol–water partition coefficient (Wildman–Crippen LogP) is 7.49. The summed E-state index contributed by atoms with van der Waals surface area (Å²) in [6.45, 7) is 0. The molecule has 0 N–H and O–H groups in total. The van der Waals surface area contributed by atoms with Crippen molar-refractivity contribution in [2.75, 3.05) is 7.11 Å². The number of ether oxygens (including phenoxy) is 1. The molecular weight excluding hydrogens is 422 g/mol. The molecule has 0 spiro atoms. The van der Waals surface area contributed by atoms with Crippen LogP contribution in [0, 0.1) is 0 Å². The first-order valence-corrected chi connectivity index (χ1v) is 10.2. The Morgan fingerprint density at radius 3 is 2.24 bits per heavy atom. The van der Waals surface area contributed by atoms with Gasteiger partial charge in [-0.2, -0.15) is 0 Å². The van der Waals surface area contributed by atoms with E-state index < -0.39 is 0 Å². The van der Waals surface area contributed by atoms with Gasteiger partial charge in [-0.1, -0.05) is 58.4 Å². The molecule has 1 heterocycles. The van der Waals surface area contributed by atoms with E-state index in [1.807, 2.05) is 12.1 Å². The molecule has 0 atom stereocenters. The molecule has 140 valence electrons. The average molecular weight is 440 g/mol. The Kier molecular flexibility index (Phi) is 4.53. The molecule has 0 aliphatic rings. The zero-order chi connectivity index (χ0) is 19.8. The molecular formula is C26H18BrNO. The molecule has 4 aromatic carbocycles. The highest BCUT2D eigenvalue weighted by Crippen LogP contribution is 2.37. The maximum Gasteiger partial charge on any atom is 0.118 e. The van der Waals surface area contributed by atoms with E-state index in [1.165, 1.54) is 27.3 Å². The molecule has 0 saturated heterocycles. The molecule has 1 aromatic heterocycles. The van der Waals surface area contributed by atoms with E-state index in [0.717, 1.165) is 27.0 Å². The van der Waals surface area contributed by atoms with E-state index in [4.69, 9.17) is 9.72 Å². The summed E-state index contributed by atoms with van der Waals surface area (Å²) in [6, 6.07) is 31.5. The monoisotopic (exact) mass is 439 g/mol. The van der Waals surface area contributed by atoms with Gasteiger partial charge in [0.2, 0.25) is 0 Å². The smallest absolute Gasteiger partial charge is 0.118 e. The third-order valence-corrected chi connectivity index (χ3v) is 5.77. The Labute approximate surface area is 177 Å². The standard InChI is InChI=1S/C26H18BrNO/c1-29-21-13-8-19(9-14-21)25-16-23(18-6-11-20(27)12-7-18)26-22-5-3-2-4-17(22)10-15-24(26)28-25/h2-16H,1H3. The zero-order valence-electron chi connectivity index (χ0n) is 15.9. The maximum atomic E-state index is 5.30. The van der Waals surface area contributed by atoms with Crippen molar-refractivity contribution in [3.05, 3.63) is 95.5 Å². The molecule has 5 rings (SSSR count). The largest absolute Gasteiger partial charge is 0.497 e. The predicted molar refractivity (Wildman–Crippen MR) is 124 cm³/mol. The fraction of sp³-hybridized carbons (Fsp3) is 0.0385. The van der Waals surface area contributed by atoms with Gasteiger partial charge in [-0.15, -0.1) is 0 Å². The van der Waals surface area contributed by atoms with Crippen LogP contribution in [0.5, 0.6) is 5.75 Å². The van der Waals surface area contributed by atoms with Crippen molar-refractivity contribution < 1.29 is 4.74 Å². The SMILES string of the molecule is COc1ccc(-c2cc(-c3ccc(Br)cc3)c3c(ccc4ccccc43)n2)cc1. The van der Waals surface area contributed by atoms with Gasteiger partial charge in [0.25, 0.3) is 0 Å². The highest BCUT2D eigenvalue weighted by molar-refractivity contribution is 9.10. The number of pyridine rings is 1. The Bertz CT molecular complexity index is 1330. The molecule has 0 aliphatic heterocycles. The molecule has 0 radical (unpaired) electrons. The van der Waals surface area contributed by atoms with Gasteiger partial charge in [-0.3, -0.25) is 0 Å². The van der Waals surface area contributed by atoms with E-state index in [2.05, 4.69) is 94.8 Å². The van der Waals surface area contributed by atoms with Crippen LogP contribution in [0.2, 0.25) is 0 Å². The summed E-state index contributed by atoms with van der Waals surface area (Å²) in [5, 5.41) is 3.62. The summed E-state index contributed by atoms with van der Waals surface area (Å²) in [7, 11) is 1.68. The molecule has 0 fully saturated rings. The molecule has 0 amide bonds. The Balaban J connectivity index is 1.83. The summed E-state index contributed by atoms with van der Waals surface area (Å²) < 4.78 is 6.37. The number of hydrogen-bond donors (Lipinski definition) is 0. The number of methoxy groups -OCH3 is 1. The fourth-order valence-corrected chi connectivity index (χ4v) is 4.04. The Morgan fingerprint density at radius 2 is 1.48 bits per heavy atom. The normalized spacial score (nSPS) is 11.1. The third-order valence-electron chi connectivity index (χ3n) is 5.24. The van der Waals surface area contributed by atoms with Crippen LogP contribution in [0.1, 0.15) is 0 Å². The number of aromatic nitrogens is 1. The van der Waals surface area contributed by atoms with Crippen LogP contribution in [-0.2, 0) is 0 Å². The van der Waals surface area contributed by atoms with E-state index in [-0.39, 0.29) is 0 Å². The summed E-state index contributed by atoms with van der Waals surface area (Å²) in [4.78, 5) is 5.00. The van der Waals surface area contributed by atoms with Crippen molar-refractivity contribution in [1.82, 2.24) is 4.98 Å². The first kappa shape index (κ1) is 17.9. The Morgan fingerprint density at radius 1 is 0.759 bits per heavy atom. The molecule has 3 heteroatoms. The van der Waals surface area contributed by atoms with Crippen LogP contribution in [0.4, 0.5) is 0 Å². The van der Waals surface area contributed by atoms with Crippen LogP contribution in [0.15, 0.2) is 95.5 Å². The molecule has 29 heavy (non-hydrogen) atoms. The molecule has 0 aliphatic carbocycles. The summed E-state index contributed by atoms with van der Waals surface area (Å²) >= 11 is 3.55. The fourth-order valence-electron chi connectivity index (χ4n) is 3.77. The lowest BCUT2D eigenvalue weighted by molar-refractivity contribution is 0.415. The van der Waals surface area contributed by atoms with Crippen molar-refractivity contribution in [2.24, 2.45) is 0 Å². The van der Waals surface area contributed by atoms with Gasteiger partial charge in [-0.05, 0) is 70.4 Å². The third kappa shape index (κ3) is 3.28. The van der Waals surface area contributed by atoms with Crippen molar-refractivity contribution in [3.8, 4) is 28.1 Å². The quantitative estimate of drug-likeness (QED) is 0.271. The van der Waals surface area contributed by atoms with Gasteiger partial charge >= 0.3 is 0 Å². The minimum atomic E-state index is 0.841. The van der Waals surface area contributed by atoms with Gasteiger partial charge in [-0.25, -0.2) is 4.98 Å². The van der Waals surface area contributed by atoms with Crippen LogP contribution in [0.3, 0.4) is 0 Å². The Hall–Kier alpha value is -3.17. The number of rotatable bonds is 3. The number of nitrogens with zero attached hydrogens (tertiary/aromatic N) is 1. The minimum Gasteiger partial charge on any atom is -0.497 e. The van der Waals surface area contributed by atoms with Crippen molar-refractivity contribution >= 4 is 37.6 Å². The number of hydrogen-bond acceptors (Lipinski definition) is 2. The molecule has 5 aromatic rings. The van der Waals surface area contributed by atoms with Gasteiger partial charge < -0.3 is 4.74 Å². The lowest BCUT2D eigenvalue weighted by Crippen LogP contribution is -1.91. The highest BCUT2D eigenvalue weighted by atomic mass is 79.9. The van der Waals surface area contributed by atoms with Crippen LogP contribution >= 0.6 is 15.9 Å². The topological polar surface area (TPSA) is 22.1 Å². The second kappa shape index (κ2) is 7.34. The summed E-state index contributed by atoms with van der Waals surface area (Å²) in [5.41, 5.74) is 5.37. The van der Waals surface area contributed by atoms with Gasteiger partial charge in [0.15, 0.2) is 0 Å². The first-order chi connectivity index (χ1) is 14.2. The van der Waals surface area contributed by atoms with Gasteiger partial charge in [0, 0.05) is 15.4 Å². The molecule has 0 bridgehead atoms. The lowest BCUT2D eigenvalue weighted by atomic mass is 9.94. The molecule has 0 saturated carbocycles. The minimum absolute atomic E-state index is 0.841. The van der Waals surface area contributed by atoms with Gasteiger partial charge in [0.1, 0.15) is 5.75 Å². The van der Waals surface area contributed by atoms with Crippen molar-refractivity contribution in [2.45, 2.75) is 0 Å². The van der Waals surface area contributed by atoms with Crippen LogP contribution in [0.25, 0.3) is 44.1 Å². The van der Waals surface area contributed by atoms with Crippen molar-refractivity contribution in [3.63, 3.8) is 0 Å². The number of benzene rings is 4. The second-order valence-corrected chi connectivity index (χ2v) is 7.89. The van der Waals surface area contributed by atoms with Crippen molar-refractivity contribution in [1.29, 1.82) is 0 Å². The van der Waals surface area contributed by atoms with Gasteiger partial charge in [0.05, 0.1) is 18.3 Å². The van der Waals surface area contributed by atoms with E-state index in [0.29, 0.717) is 0 Å². The molecule has 2 nitrogen and oxygen atoms in total. The van der Waals surface area contributed by atoms with E-state index >= 15 is 0 Å². The zero-order valence-corrected chi connectivity index (χ0v) is 17.5. The van der Waals surface area contributed by atoms with Crippen LogP contribution in [-0.4, -0.2) is 12.1 Å². The highest BCUT2D eigenvalue weighted by Gasteiger charge is 2.12. The molecule has 0 unspecified atom stereocenters. The van der Waals surface area contributed by atoms with Crippen LogP contribution < -0.4 is 4.74 Å². The first-order valence-electron chi connectivity index (χ1n) is 9.46. The lowest BCUT2D eigenvalue weighted by Gasteiger charge is -2.13. The summed E-state index contributed by atoms with van der Waals surface area (Å²) in [6.07, 6.45) is 0. The number of fused-ring (bicyclic) bond motifs is 3. The second-order valence-electron chi connectivity index (χ2n) is 6.97.